The number of pyridine rings is 2. The molecule has 0 aliphatic heterocycles. The molecule has 0 aliphatic carbocycles. The second-order valence-corrected chi connectivity index (χ2v) is 4.09. The lowest BCUT2D eigenvalue weighted by Gasteiger charge is -2.02. The molecule has 0 saturated heterocycles. The molecule has 0 aromatic carbocycles. The van der Waals surface area contributed by atoms with Crippen LogP contribution in [0.2, 0.25) is 0 Å². The Hall–Kier alpha value is -2.49. The summed E-state index contributed by atoms with van der Waals surface area (Å²) in [4.78, 5) is 19.6. The molecule has 0 unspecified atom stereocenters. The van der Waals surface area contributed by atoms with Crippen molar-refractivity contribution in [2.75, 3.05) is 0 Å². The summed E-state index contributed by atoms with van der Waals surface area (Å²) in [5, 5.41) is 0. The number of aryl methyl sites for hydroxylation is 1. The van der Waals surface area contributed by atoms with Gasteiger partial charge in [0.05, 0.1) is 5.52 Å². The van der Waals surface area contributed by atoms with Gasteiger partial charge < -0.3 is 0 Å². The molecular weight excluding hydrogens is 226 g/mol. The maximum atomic E-state index is 11.1. The molecule has 3 rings (SSSR count). The highest BCUT2D eigenvalue weighted by Gasteiger charge is 2.13. The van der Waals surface area contributed by atoms with E-state index in [4.69, 9.17) is 0 Å². The van der Waals surface area contributed by atoms with Crippen molar-refractivity contribution in [2.45, 2.75) is 6.92 Å². The number of aldehydes is 1. The molecule has 0 aliphatic rings. The van der Waals surface area contributed by atoms with Crippen molar-refractivity contribution >= 4 is 11.8 Å². The van der Waals surface area contributed by atoms with Gasteiger partial charge in [0.2, 0.25) is 0 Å². The monoisotopic (exact) mass is 237 g/mol. The number of imidazole rings is 1. The summed E-state index contributed by atoms with van der Waals surface area (Å²) >= 11 is 0. The van der Waals surface area contributed by atoms with Gasteiger partial charge in [0.25, 0.3) is 0 Å². The van der Waals surface area contributed by atoms with E-state index in [0.717, 1.165) is 28.8 Å². The molecule has 0 fully saturated rings. The Bertz CT molecular complexity index is 716. The van der Waals surface area contributed by atoms with Crippen molar-refractivity contribution in [3.8, 4) is 11.4 Å². The van der Waals surface area contributed by atoms with Gasteiger partial charge in [-0.15, -0.1) is 0 Å². The lowest BCUT2D eigenvalue weighted by molar-refractivity contribution is 0.112. The second kappa shape index (κ2) is 4.07. The van der Waals surface area contributed by atoms with Crippen molar-refractivity contribution in [3.05, 3.63) is 54.1 Å². The average Bonchev–Trinajstić information content (AvgIpc) is 2.80. The van der Waals surface area contributed by atoms with Crippen LogP contribution in [0.15, 0.2) is 42.9 Å². The minimum Gasteiger partial charge on any atom is -0.299 e. The standard InChI is InChI=1S/C14H11N3O/c1-10-4-3-7-17-13(10)12(9-18)16-14(17)11-5-2-6-15-8-11/h2-9H,1H3. The Balaban J connectivity index is 2.38. The minimum atomic E-state index is 0.465. The zero-order chi connectivity index (χ0) is 12.5. The van der Waals surface area contributed by atoms with E-state index in [1.165, 1.54) is 0 Å². The van der Waals surface area contributed by atoms with Crippen molar-refractivity contribution in [3.63, 3.8) is 0 Å². The molecule has 18 heavy (non-hydrogen) atoms. The van der Waals surface area contributed by atoms with Crippen molar-refractivity contribution in [2.24, 2.45) is 0 Å². The van der Waals surface area contributed by atoms with Crippen LogP contribution in [0.3, 0.4) is 0 Å². The van der Waals surface area contributed by atoms with Crippen LogP contribution in [0.1, 0.15) is 16.1 Å². The minimum absolute atomic E-state index is 0.465. The predicted molar refractivity (Wildman–Crippen MR) is 68.5 cm³/mol. The van der Waals surface area contributed by atoms with Crippen molar-refractivity contribution in [1.29, 1.82) is 0 Å². The van der Waals surface area contributed by atoms with E-state index in [-0.39, 0.29) is 0 Å². The first kappa shape index (κ1) is 10.7. The molecule has 0 amide bonds. The number of rotatable bonds is 2. The van der Waals surface area contributed by atoms with E-state index < -0.39 is 0 Å². The first-order valence-electron chi connectivity index (χ1n) is 5.64. The molecule has 3 heterocycles. The lowest BCUT2D eigenvalue weighted by Crippen LogP contribution is -1.90. The van der Waals surface area contributed by atoms with Crippen LogP contribution < -0.4 is 0 Å². The quantitative estimate of drug-likeness (QED) is 0.643. The number of aromatic nitrogens is 3. The van der Waals surface area contributed by atoms with E-state index in [2.05, 4.69) is 9.97 Å². The SMILES string of the molecule is Cc1cccn2c(-c3cccnc3)nc(C=O)c12. The summed E-state index contributed by atoms with van der Waals surface area (Å²) < 4.78 is 1.93. The van der Waals surface area contributed by atoms with Gasteiger partial charge in [0.1, 0.15) is 11.5 Å². The molecular formula is C14H11N3O. The lowest BCUT2D eigenvalue weighted by atomic mass is 10.2. The average molecular weight is 237 g/mol. The molecule has 0 bridgehead atoms. The van der Waals surface area contributed by atoms with Crippen LogP contribution >= 0.6 is 0 Å². The van der Waals surface area contributed by atoms with E-state index >= 15 is 0 Å². The first-order chi connectivity index (χ1) is 8.81. The van der Waals surface area contributed by atoms with Gasteiger partial charge in [-0.3, -0.25) is 14.2 Å². The third kappa shape index (κ3) is 1.50. The van der Waals surface area contributed by atoms with E-state index in [0.29, 0.717) is 5.69 Å². The number of carbonyl (C=O) groups is 1. The fraction of sp³-hybridized carbons (Fsp3) is 0.0714. The summed E-state index contributed by atoms with van der Waals surface area (Å²) in [5.41, 5.74) is 3.24. The maximum absolute atomic E-state index is 11.1. The normalized spacial score (nSPS) is 10.7. The molecule has 88 valence electrons. The summed E-state index contributed by atoms with van der Waals surface area (Å²) in [7, 11) is 0. The molecule has 0 atom stereocenters. The summed E-state index contributed by atoms with van der Waals surface area (Å²) in [5.74, 6) is 0.740. The van der Waals surface area contributed by atoms with Gasteiger partial charge in [0, 0.05) is 24.2 Å². The Kier molecular flexibility index (Phi) is 2.41. The van der Waals surface area contributed by atoms with Gasteiger partial charge in [0.15, 0.2) is 6.29 Å². The zero-order valence-corrected chi connectivity index (χ0v) is 9.87. The second-order valence-electron chi connectivity index (χ2n) is 4.09. The molecule has 3 aromatic rings. The molecule has 0 radical (unpaired) electrons. The van der Waals surface area contributed by atoms with Crippen LogP contribution in [0.25, 0.3) is 16.9 Å². The Morgan fingerprint density at radius 2 is 2.17 bits per heavy atom. The number of hydrogen-bond acceptors (Lipinski definition) is 3. The van der Waals surface area contributed by atoms with Gasteiger partial charge in [-0.1, -0.05) is 6.07 Å². The van der Waals surface area contributed by atoms with Gasteiger partial charge in [-0.2, -0.15) is 0 Å². The number of nitrogens with zero attached hydrogens (tertiary/aromatic N) is 3. The van der Waals surface area contributed by atoms with Crippen LogP contribution in [0.4, 0.5) is 0 Å². The van der Waals surface area contributed by atoms with Crippen LogP contribution in [0, 0.1) is 6.92 Å². The first-order valence-corrected chi connectivity index (χ1v) is 5.64. The van der Waals surface area contributed by atoms with Gasteiger partial charge in [-0.25, -0.2) is 4.98 Å². The highest BCUT2D eigenvalue weighted by atomic mass is 16.1. The third-order valence-electron chi connectivity index (χ3n) is 2.92. The fourth-order valence-corrected chi connectivity index (χ4v) is 2.12. The zero-order valence-electron chi connectivity index (χ0n) is 9.87. The smallest absolute Gasteiger partial charge is 0.170 e. The number of hydrogen-bond donors (Lipinski definition) is 0. The van der Waals surface area contributed by atoms with Crippen molar-refractivity contribution < 1.29 is 4.79 Å². The Labute approximate surface area is 104 Å². The van der Waals surface area contributed by atoms with Gasteiger partial charge >= 0.3 is 0 Å². The van der Waals surface area contributed by atoms with Crippen LogP contribution in [-0.2, 0) is 0 Å². The molecule has 4 heteroatoms. The molecule has 0 N–H and O–H groups in total. The third-order valence-corrected chi connectivity index (χ3v) is 2.92. The van der Waals surface area contributed by atoms with Gasteiger partial charge in [-0.05, 0) is 30.7 Å². The van der Waals surface area contributed by atoms with Crippen LogP contribution in [0.5, 0.6) is 0 Å². The summed E-state index contributed by atoms with van der Waals surface area (Å²) in [6.45, 7) is 1.97. The number of fused-ring (bicyclic) bond motifs is 1. The van der Waals surface area contributed by atoms with E-state index in [9.17, 15) is 4.79 Å². The Morgan fingerprint density at radius 3 is 2.89 bits per heavy atom. The topological polar surface area (TPSA) is 47.3 Å². The molecule has 3 aromatic heterocycles. The maximum Gasteiger partial charge on any atom is 0.170 e. The summed E-state index contributed by atoms with van der Waals surface area (Å²) in [6, 6.07) is 7.70. The highest BCUT2D eigenvalue weighted by Crippen LogP contribution is 2.23. The Morgan fingerprint density at radius 1 is 1.28 bits per heavy atom. The van der Waals surface area contributed by atoms with E-state index in [1.807, 2.05) is 41.8 Å². The largest absolute Gasteiger partial charge is 0.299 e. The number of carbonyl (C=O) groups excluding carboxylic acids is 1. The van der Waals surface area contributed by atoms with Crippen LogP contribution in [-0.4, -0.2) is 20.7 Å². The fourth-order valence-electron chi connectivity index (χ4n) is 2.12. The molecule has 4 nitrogen and oxygen atoms in total. The van der Waals surface area contributed by atoms with Crippen molar-refractivity contribution in [1.82, 2.24) is 14.4 Å². The van der Waals surface area contributed by atoms with E-state index in [1.54, 1.807) is 12.4 Å². The molecule has 0 spiro atoms. The highest BCUT2D eigenvalue weighted by molar-refractivity contribution is 5.87. The molecule has 0 saturated carbocycles. The summed E-state index contributed by atoms with van der Waals surface area (Å²) in [6.07, 6.45) is 6.16. The predicted octanol–water partition coefficient (Wildman–Crippen LogP) is 2.52.